The summed E-state index contributed by atoms with van der Waals surface area (Å²) in [5.41, 5.74) is 8.43. The number of hydrogen-bond donors (Lipinski definition) is 2. The van der Waals surface area contributed by atoms with Crippen molar-refractivity contribution in [3.8, 4) is 0 Å². The maximum atomic E-state index is 6.05. The molecular weight excluding hydrogens is 256 g/mol. The van der Waals surface area contributed by atoms with Crippen molar-refractivity contribution >= 4 is 29.1 Å². The molecule has 90 valence electrons. The molecule has 3 N–H and O–H groups in total. The summed E-state index contributed by atoms with van der Waals surface area (Å²) in [6, 6.07) is 1.74. The lowest BCUT2D eigenvalue weighted by Gasteiger charge is -2.10. The third kappa shape index (κ3) is 2.73. The quantitative estimate of drug-likeness (QED) is 0.807. The summed E-state index contributed by atoms with van der Waals surface area (Å²) < 4.78 is 0. The van der Waals surface area contributed by atoms with E-state index in [1.54, 1.807) is 24.0 Å². The van der Waals surface area contributed by atoms with Crippen LogP contribution in [0.4, 0.5) is 0 Å². The molecule has 0 bridgehead atoms. The zero-order valence-corrected chi connectivity index (χ0v) is 11.1. The van der Waals surface area contributed by atoms with Gasteiger partial charge in [-0.2, -0.15) is 0 Å². The zero-order valence-electron chi connectivity index (χ0n) is 9.57. The van der Waals surface area contributed by atoms with Gasteiger partial charge >= 0.3 is 0 Å². The number of nitrogens with zero attached hydrogens (tertiary/aromatic N) is 2. The molecule has 1 aliphatic heterocycles. The second-order valence-electron chi connectivity index (χ2n) is 3.92. The van der Waals surface area contributed by atoms with Gasteiger partial charge in [-0.15, -0.1) is 0 Å². The lowest BCUT2D eigenvalue weighted by atomic mass is 10.1. The number of halogens is 1. The van der Waals surface area contributed by atoms with Crippen LogP contribution in [0.25, 0.3) is 5.70 Å². The number of rotatable bonds is 2. The van der Waals surface area contributed by atoms with Gasteiger partial charge in [0, 0.05) is 11.9 Å². The van der Waals surface area contributed by atoms with E-state index in [1.807, 2.05) is 0 Å². The predicted molar refractivity (Wildman–Crippen MR) is 71.8 cm³/mol. The van der Waals surface area contributed by atoms with Gasteiger partial charge in [0.15, 0.2) is 0 Å². The fourth-order valence-electron chi connectivity index (χ4n) is 1.32. The summed E-state index contributed by atoms with van der Waals surface area (Å²) in [6.45, 7) is 4.25. The molecule has 1 aromatic heterocycles. The van der Waals surface area contributed by atoms with Crippen molar-refractivity contribution in [3.63, 3.8) is 0 Å². The predicted octanol–water partition coefficient (Wildman–Crippen LogP) is 2.55. The minimum Gasteiger partial charge on any atom is -0.395 e. The molecule has 0 spiro atoms. The molecule has 0 fully saturated rings. The summed E-state index contributed by atoms with van der Waals surface area (Å²) in [6.07, 6.45) is 1.59. The third-order valence-corrected chi connectivity index (χ3v) is 3.44. The van der Waals surface area contributed by atoms with E-state index in [1.165, 1.54) is 0 Å². The van der Waals surface area contributed by atoms with E-state index in [9.17, 15) is 0 Å². The first-order valence-corrected chi connectivity index (χ1v) is 6.46. The lowest BCUT2D eigenvalue weighted by Crippen LogP contribution is -2.14. The van der Waals surface area contributed by atoms with Crippen LogP contribution >= 0.6 is 23.4 Å². The standard InChI is InChI=1S/C11H13ClN4S/c1-6(2)8-5-17-10(15-8)9(13)7-3-4-14-11(12)16-7/h3-6,15H,13H2,1-2H3/b10-9+. The monoisotopic (exact) mass is 268 g/mol. The van der Waals surface area contributed by atoms with E-state index < -0.39 is 0 Å². The molecule has 2 rings (SSSR count). The average molecular weight is 269 g/mol. The highest BCUT2D eigenvalue weighted by Gasteiger charge is 2.17. The normalized spacial score (nSPS) is 18.0. The smallest absolute Gasteiger partial charge is 0.222 e. The van der Waals surface area contributed by atoms with Gasteiger partial charge in [0.1, 0.15) is 5.03 Å². The first kappa shape index (κ1) is 12.3. The second-order valence-corrected chi connectivity index (χ2v) is 5.14. The zero-order chi connectivity index (χ0) is 12.4. The molecule has 0 amide bonds. The summed E-state index contributed by atoms with van der Waals surface area (Å²) >= 11 is 7.30. The Labute approximate surface area is 109 Å². The van der Waals surface area contributed by atoms with Crippen LogP contribution < -0.4 is 11.1 Å². The number of allylic oxidation sites excluding steroid dienone is 1. The van der Waals surface area contributed by atoms with Crippen LogP contribution in [0.3, 0.4) is 0 Å². The number of nitrogens with two attached hydrogens (primary N) is 1. The van der Waals surface area contributed by atoms with Crippen molar-refractivity contribution in [2.45, 2.75) is 13.8 Å². The minimum absolute atomic E-state index is 0.200. The van der Waals surface area contributed by atoms with Crippen molar-refractivity contribution in [3.05, 3.63) is 39.4 Å². The van der Waals surface area contributed by atoms with Gasteiger partial charge in [-0.05, 0) is 29.0 Å². The fourth-order valence-corrected chi connectivity index (χ4v) is 2.46. The molecule has 6 heteroatoms. The van der Waals surface area contributed by atoms with E-state index in [0.29, 0.717) is 17.3 Å². The van der Waals surface area contributed by atoms with Crippen molar-refractivity contribution in [1.29, 1.82) is 0 Å². The Morgan fingerprint density at radius 3 is 2.88 bits per heavy atom. The van der Waals surface area contributed by atoms with Gasteiger partial charge in [-0.3, -0.25) is 0 Å². The summed E-state index contributed by atoms with van der Waals surface area (Å²) in [5.74, 6) is 0.446. The Morgan fingerprint density at radius 2 is 2.29 bits per heavy atom. The van der Waals surface area contributed by atoms with Crippen LogP contribution in [0.5, 0.6) is 0 Å². The van der Waals surface area contributed by atoms with Gasteiger partial charge < -0.3 is 11.1 Å². The molecule has 0 unspecified atom stereocenters. The van der Waals surface area contributed by atoms with Crippen LogP contribution in [-0.2, 0) is 0 Å². The molecule has 0 atom stereocenters. The maximum Gasteiger partial charge on any atom is 0.222 e. The summed E-state index contributed by atoms with van der Waals surface area (Å²) in [4.78, 5) is 7.91. The molecule has 1 aromatic rings. The van der Waals surface area contributed by atoms with Crippen LogP contribution in [0.2, 0.25) is 5.28 Å². The number of thioether (sulfide) groups is 1. The highest BCUT2D eigenvalue weighted by atomic mass is 35.5. The van der Waals surface area contributed by atoms with Crippen LogP contribution in [0.1, 0.15) is 19.5 Å². The molecule has 17 heavy (non-hydrogen) atoms. The van der Waals surface area contributed by atoms with Crippen LogP contribution in [0.15, 0.2) is 28.4 Å². The minimum atomic E-state index is 0.200. The van der Waals surface area contributed by atoms with Gasteiger partial charge in [0.2, 0.25) is 5.28 Å². The van der Waals surface area contributed by atoms with Crippen LogP contribution in [0, 0.1) is 5.92 Å². The van der Waals surface area contributed by atoms with E-state index in [0.717, 1.165) is 10.7 Å². The van der Waals surface area contributed by atoms with E-state index in [4.69, 9.17) is 17.3 Å². The number of aromatic nitrogens is 2. The van der Waals surface area contributed by atoms with Crippen molar-refractivity contribution in [1.82, 2.24) is 15.3 Å². The van der Waals surface area contributed by atoms with Gasteiger partial charge in [0.25, 0.3) is 0 Å². The highest BCUT2D eigenvalue weighted by molar-refractivity contribution is 8.06. The average Bonchev–Trinajstić information content (AvgIpc) is 2.77. The molecule has 0 aliphatic carbocycles. The largest absolute Gasteiger partial charge is 0.395 e. The molecule has 0 saturated carbocycles. The summed E-state index contributed by atoms with van der Waals surface area (Å²) in [5, 5.41) is 6.44. The SMILES string of the molecule is CC(C)C1=CS/C(=C(/N)c2ccnc(Cl)n2)N1. The Balaban J connectivity index is 2.24. The Bertz CT molecular complexity index is 496. The lowest BCUT2D eigenvalue weighted by molar-refractivity contribution is 0.718. The molecule has 4 nitrogen and oxygen atoms in total. The van der Waals surface area contributed by atoms with Crippen molar-refractivity contribution in [2.24, 2.45) is 11.7 Å². The highest BCUT2D eigenvalue weighted by Crippen LogP contribution is 2.31. The molecule has 0 aromatic carbocycles. The fraction of sp³-hybridized carbons (Fsp3) is 0.273. The van der Waals surface area contributed by atoms with E-state index in [-0.39, 0.29) is 5.28 Å². The molecule has 1 aliphatic rings. The van der Waals surface area contributed by atoms with E-state index in [2.05, 4.69) is 34.5 Å². The first-order valence-electron chi connectivity index (χ1n) is 5.20. The Hall–Kier alpha value is -1.20. The number of hydrogen-bond acceptors (Lipinski definition) is 5. The van der Waals surface area contributed by atoms with Crippen LogP contribution in [-0.4, -0.2) is 9.97 Å². The van der Waals surface area contributed by atoms with Gasteiger partial charge in [0.05, 0.1) is 11.4 Å². The summed E-state index contributed by atoms with van der Waals surface area (Å²) in [7, 11) is 0. The topological polar surface area (TPSA) is 63.8 Å². The number of nitrogens with one attached hydrogen (secondary N) is 1. The molecular formula is C11H13ClN4S. The Kier molecular flexibility index (Phi) is 3.59. The second kappa shape index (κ2) is 4.98. The van der Waals surface area contributed by atoms with Gasteiger partial charge in [-0.1, -0.05) is 25.6 Å². The maximum absolute atomic E-state index is 6.05. The van der Waals surface area contributed by atoms with E-state index >= 15 is 0 Å². The van der Waals surface area contributed by atoms with Crippen molar-refractivity contribution < 1.29 is 0 Å². The third-order valence-electron chi connectivity index (χ3n) is 2.33. The van der Waals surface area contributed by atoms with Gasteiger partial charge in [-0.25, -0.2) is 9.97 Å². The first-order chi connectivity index (χ1) is 8.08. The Morgan fingerprint density at radius 1 is 1.53 bits per heavy atom. The molecule has 0 radical (unpaired) electrons. The molecule has 2 heterocycles. The van der Waals surface area contributed by atoms with Crippen molar-refractivity contribution in [2.75, 3.05) is 0 Å². The molecule has 0 saturated heterocycles.